The van der Waals surface area contributed by atoms with E-state index in [1.807, 2.05) is 63.4 Å². The molecular formula is C40H41N3O9. The SMILES string of the molecule is CN(C)c1c2c(c(OC(=O)OC(C)(C)C)c3cc(C=O)ccc13)C(=O)C1=C3O[C@]34C(=O)c3c(OCc5ccccc5)noc3C[C@@H]4CC1C2.CNC. The van der Waals surface area contributed by atoms with E-state index in [1.165, 1.54) is 0 Å². The van der Waals surface area contributed by atoms with Crippen LogP contribution in [-0.4, -0.2) is 68.6 Å². The van der Waals surface area contributed by atoms with Crippen LogP contribution in [0.1, 0.15) is 75.2 Å². The number of hydrogen-bond acceptors (Lipinski definition) is 12. The van der Waals surface area contributed by atoms with Gasteiger partial charge in [-0.25, -0.2) is 4.79 Å². The van der Waals surface area contributed by atoms with Gasteiger partial charge in [-0.05, 0) is 76.0 Å². The number of nitrogens with one attached hydrogen (secondary N) is 1. The molecular weight excluding hydrogens is 666 g/mol. The number of hydrogen-bond donors (Lipinski definition) is 1. The quantitative estimate of drug-likeness (QED) is 0.104. The number of fused-ring (bicyclic) bond motifs is 4. The van der Waals surface area contributed by atoms with E-state index in [4.69, 9.17) is 23.5 Å². The number of ether oxygens (including phenoxy) is 4. The zero-order valence-electron chi connectivity index (χ0n) is 30.2. The number of allylic oxidation sites excluding steroid dienone is 1. The maximum atomic E-state index is 14.8. The van der Waals surface area contributed by atoms with E-state index in [1.54, 1.807) is 39.0 Å². The molecule has 8 rings (SSSR count). The van der Waals surface area contributed by atoms with Crippen molar-refractivity contribution in [3.05, 3.63) is 93.4 Å². The number of epoxide rings is 1. The number of ketones is 2. The van der Waals surface area contributed by atoms with Crippen LogP contribution < -0.4 is 19.7 Å². The first kappa shape index (κ1) is 34.9. The van der Waals surface area contributed by atoms with Crippen LogP contribution in [0.25, 0.3) is 10.8 Å². The standard InChI is InChI=1S/C38H34N2O9.C2H7N/c1-37(2,3)48-36(44)46-32-24-13-20(17-41)11-12-23(24)30(40(4)5)25-15-21-14-22-16-26-29(35(39-49-26)45-18-19-9-7-6-8-10-19)33(43)38(22)34(47-38)27(21)31(42)28(25)32;1-3-2/h6-13,17,21-22H,14-16,18H2,1-5H3;3H,1-2H3/t21?,22-,38+;/m0./s1. The molecule has 2 heterocycles. The topological polar surface area (TPSA) is 150 Å². The van der Waals surface area contributed by atoms with Gasteiger partial charge in [-0.3, -0.25) is 14.4 Å². The number of aromatic nitrogens is 1. The molecule has 1 aliphatic heterocycles. The molecule has 0 bridgehead atoms. The lowest BCUT2D eigenvalue weighted by Crippen LogP contribution is -2.44. The molecule has 3 atom stereocenters. The molecule has 1 unspecified atom stereocenters. The lowest BCUT2D eigenvalue weighted by Gasteiger charge is -2.37. The van der Waals surface area contributed by atoms with Crippen LogP contribution in [0, 0.1) is 11.8 Å². The number of aldehydes is 1. The van der Waals surface area contributed by atoms with E-state index >= 15 is 0 Å². The van der Waals surface area contributed by atoms with Crippen LogP contribution >= 0.6 is 0 Å². The fraction of sp³-hybridized carbons (Fsp3) is 0.375. The Morgan fingerprint density at radius 3 is 2.46 bits per heavy atom. The van der Waals surface area contributed by atoms with Gasteiger partial charge in [0.25, 0.3) is 5.88 Å². The molecule has 1 saturated heterocycles. The highest BCUT2D eigenvalue weighted by molar-refractivity contribution is 6.21. The second kappa shape index (κ2) is 12.9. The predicted molar refractivity (Wildman–Crippen MR) is 191 cm³/mol. The molecule has 1 N–H and O–H groups in total. The molecule has 12 nitrogen and oxygen atoms in total. The minimum Gasteiger partial charge on any atom is -0.470 e. The Morgan fingerprint density at radius 1 is 1.06 bits per heavy atom. The molecule has 0 saturated carbocycles. The second-order valence-electron chi connectivity index (χ2n) is 14.8. The summed E-state index contributed by atoms with van der Waals surface area (Å²) in [6, 6.07) is 14.6. The summed E-state index contributed by atoms with van der Waals surface area (Å²) in [6.45, 7) is 5.34. The lowest BCUT2D eigenvalue weighted by molar-refractivity contribution is 0.0208. The Bertz CT molecular complexity index is 2160. The van der Waals surface area contributed by atoms with Crippen molar-refractivity contribution in [1.82, 2.24) is 10.5 Å². The van der Waals surface area contributed by atoms with Gasteiger partial charge in [0.1, 0.15) is 24.1 Å². The molecule has 1 spiro atoms. The monoisotopic (exact) mass is 707 g/mol. The molecule has 3 aliphatic carbocycles. The van der Waals surface area contributed by atoms with Gasteiger partial charge >= 0.3 is 6.16 Å². The number of rotatable bonds is 6. The van der Waals surface area contributed by atoms with Crippen LogP contribution in [0.2, 0.25) is 0 Å². The van der Waals surface area contributed by atoms with Crippen molar-refractivity contribution in [3.8, 4) is 11.6 Å². The maximum absolute atomic E-state index is 14.8. The Hall–Kier alpha value is -5.49. The van der Waals surface area contributed by atoms with Gasteiger partial charge in [-0.2, -0.15) is 0 Å². The first-order valence-electron chi connectivity index (χ1n) is 17.3. The summed E-state index contributed by atoms with van der Waals surface area (Å²) in [5, 5.41) is 7.98. The molecule has 4 aliphatic rings. The van der Waals surface area contributed by atoms with Crippen molar-refractivity contribution in [2.75, 3.05) is 33.1 Å². The highest BCUT2D eigenvalue weighted by atomic mass is 16.7. The summed E-state index contributed by atoms with van der Waals surface area (Å²) in [6.07, 6.45) is 1.04. The highest BCUT2D eigenvalue weighted by Gasteiger charge is 2.72. The predicted octanol–water partition coefficient (Wildman–Crippen LogP) is 6.27. The van der Waals surface area contributed by atoms with E-state index < -0.39 is 17.4 Å². The Balaban J connectivity index is 0.00000136. The molecule has 270 valence electrons. The van der Waals surface area contributed by atoms with E-state index in [-0.39, 0.29) is 52.8 Å². The molecule has 1 fully saturated rings. The van der Waals surface area contributed by atoms with Crippen LogP contribution in [-0.2, 0) is 28.9 Å². The molecule has 0 amide bonds. The van der Waals surface area contributed by atoms with Gasteiger partial charge in [-0.1, -0.05) is 42.5 Å². The summed E-state index contributed by atoms with van der Waals surface area (Å²) >= 11 is 0. The smallest absolute Gasteiger partial charge is 0.470 e. The Kier molecular flexibility index (Phi) is 8.69. The summed E-state index contributed by atoms with van der Waals surface area (Å²) in [7, 11) is 7.52. The second-order valence-corrected chi connectivity index (χ2v) is 14.8. The lowest BCUT2D eigenvalue weighted by atomic mass is 9.63. The fourth-order valence-corrected chi connectivity index (χ4v) is 7.79. The number of carbonyl (C=O) groups excluding carboxylic acids is 4. The first-order valence-corrected chi connectivity index (χ1v) is 17.3. The fourth-order valence-electron chi connectivity index (χ4n) is 7.79. The number of anilines is 1. The van der Waals surface area contributed by atoms with Gasteiger partial charge in [0.15, 0.2) is 23.1 Å². The summed E-state index contributed by atoms with van der Waals surface area (Å²) in [5.74, 6) is -0.361. The van der Waals surface area contributed by atoms with Crippen molar-refractivity contribution >= 4 is 40.5 Å². The third kappa shape index (κ3) is 5.71. The van der Waals surface area contributed by atoms with E-state index in [0.29, 0.717) is 64.5 Å². The molecule has 4 aromatic rings. The number of Topliss-reactive ketones (excluding diaryl/α,β-unsaturated/α-hetero) is 2. The van der Waals surface area contributed by atoms with Crippen molar-refractivity contribution in [2.45, 2.75) is 57.8 Å². The third-order valence-corrected chi connectivity index (χ3v) is 9.74. The number of benzene rings is 3. The third-order valence-electron chi connectivity index (χ3n) is 9.74. The Morgan fingerprint density at radius 2 is 1.79 bits per heavy atom. The van der Waals surface area contributed by atoms with E-state index in [2.05, 4.69) is 10.5 Å². The van der Waals surface area contributed by atoms with Crippen LogP contribution in [0.15, 0.2) is 64.4 Å². The molecule has 0 radical (unpaired) electrons. The average Bonchev–Trinajstić information content (AvgIpc) is 3.72. The van der Waals surface area contributed by atoms with E-state index in [9.17, 15) is 19.2 Å². The summed E-state index contributed by atoms with van der Waals surface area (Å²) in [5.41, 5.74) is 1.39. The van der Waals surface area contributed by atoms with Gasteiger partial charge in [0.05, 0.1) is 5.56 Å². The first-order chi connectivity index (χ1) is 24.8. The summed E-state index contributed by atoms with van der Waals surface area (Å²) in [4.78, 5) is 56.0. The molecule has 12 heteroatoms. The maximum Gasteiger partial charge on any atom is 0.514 e. The van der Waals surface area contributed by atoms with Crippen molar-refractivity contribution < 1.29 is 42.6 Å². The highest BCUT2D eigenvalue weighted by Crippen LogP contribution is 2.63. The average molecular weight is 708 g/mol. The van der Waals surface area contributed by atoms with Gasteiger partial charge in [0, 0.05) is 54.0 Å². The zero-order valence-corrected chi connectivity index (χ0v) is 30.2. The number of nitrogens with zero attached hydrogens (tertiary/aromatic N) is 2. The minimum atomic E-state index is -1.32. The van der Waals surface area contributed by atoms with E-state index in [0.717, 1.165) is 11.3 Å². The normalized spacial score (nSPS) is 20.9. The van der Waals surface area contributed by atoms with Crippen molar-refractivity contribution in [2.24, 2.45) is 11.8 Å². The zero-order chi connectivity index (χ0) is 37.1. The van der Waals surface area contributed by atoms with Crippen molar-refractivity contribution in [1.29, 1.82) is 0 Å². The molecule has 1 aromatic heterocycles. The van der Waals surface area contributed by atoms with Gasteiger partial charge < -0.3 is 33.7 Å². The minimum absolute atomic E-state index is 0.00909. The summed E-state index contributed by atoms with van der Waals surface area (Å²) < 4.78 is 29.2. The van der Waals surface area contributed by atoms with Crippen molar-refractivity contribution in [3.63, 3.8) is 0 Å². The number of carbonyl (C=O) groups is 4. The largest absolute Gasteiger partial charge is 0.514 e. The molecule has 3 aromatic carbocycles. The van der Waals surface area contributed by atoms with Crippen LogP contribution in [0.5, 0.6) is 11.6 Å². The van der Waals surface area contributed by atoms with Crippen LogP contribution in [0.3, 0.4) is 0 Å². The van der Waals surface area contributed by atoms with Crippen LogP contribution in [0.4, 0.5) is 10.5 Å². The van der Waals surface area contributed by atoms with Gasteiger partial charge in [-0.15, -0.1) is 0 Å². The Labute approximate surface area is 301 Å². The molecule has 52 heavy (non-hydrogen) atoms. The van der Waals surface area contributed by atoms with Gasteiger partial charge in [0.2, 0.25) is 11.4 Å².